The van der Waals surface area contributed by atoms with Crippen LogP contribution in [0.1, 0.15) is 0 Å². The van der Waals surface area contributed by atoms with Crippen LogP contribution in [0.15, 0.2) is 0 Å². The second kappa shape index (κ2) is 4.37. The Labute approximate surface area is 78.5 Å². The fourth-order valence-electron chi connectivity index (χ4n) is 0.181. The maximum absolute atomic E-state index is 5.57. The summed E-state index contributed by atoms with van der Waals surface area (Å²) in [5.41, 5.74) is 0. The molecule has 0 bridgehead atoms. The van der Waals surface area contributed by atoms with Gasteiger partial charge < -0.3 is 0 Å². The van der Waals surface area contributed by atoms with E-state index in [4.69, 9.17) is 46.4 Å². The molecule has 1 nitrogen and oxygen atoms in total. The molecule has 0 aromatic carbocycles. The molecular weight excluding hydrogens is 224 g/mol. The summed E-state index contributed by atoms with van der Waals surface area (Å²) < 4.78 is 1.50. The highest BCUT2D eigenvalue weighted by atomic mass is 35.5. The van der Waals surface area contributed by atoms with Crippen LogP contribution in [-0.2, 0) is 0 Å². The molecule has 0 unspecified atom stereocenters. The molecule has 0 aliphatic rings. The minimum atomic E-state index is -1.17. The van der Waals surface area contributed by atoms with Crippen molar-refractivity contribution in [2.75, 3.05) is 7.05 Å². The molecule has 0 spiro atoms. The van der Waals surface area contributed by atoms with Crippen molar-refractivity contribution >= 4 is 58.4 Å². The molecule has 56 valence electrons. The molecule has 0 aromatic heterocycles. The second-order valence-corrected chi connectivity index (χ2v) is 5.36. The van der Waals surface area contributed by atoms with E-state index in [1.54, 1.807) is 7.05 Å². The van der Waals surface area contributed by atoms with Crippen LogP contribution in [0.25, 0.3) is 0 Å². The summed E-state index contributed by atoms with van der Waals surface area (Å²) in [6.45, 7) is 0. The number of rotatable bonds is 3. The quantitative estimate of drug-likeness (QED) is 0.589. The largest absolute Gasteiger partial charge is 0.265 e. The Bertz CT molecular complexity index is 85.9. The zero-order valence-electron chi connectivity index (χ0n) is 4.50. The summed E-state index contributed by atoms with van der Waals surface area (Å²) in [6, 6.07) is 0. The lowest BCUT2D eigenvalue weighted by atomic mass is 10.9. The van der Waals surface area contributed by atoms with Gasteiger partial charge in [-0.1, -0.05) is 23.2 Å². The first-order valence-electron chi connectivity index (χ1n) is 2.01. The molecule has 0 aliphatic carbocycles. The van der Waals surface area contributed by atoms with Gasteiger partial charge in [0.05, 0.1) is 0 Å². The molecule has 0 aromatic rings. The lowest BCUT2D eigenvalue weighted by Crippen LogP contribution is -2.20. The van der Waals surface area contributed by atoms with Gasteiger partial charge in [-0.3, -0.25) is 4.72 Å². The van der Waals surface area contributed by atoms with E-state index in [-0.39, 0.29) is 0 Å². The van der Waals surface area contributed by atoms with Crippen LogP contribution in [0, 0.1) is 0 Å². The monoisotopic (exact) mass is 227 g/mol. The van der Waals surface area contributed by atoms with Crippen molar-refractivity contribution in [3.63, 3.8) is 0 Å². The van der Waals surface area contributed by atoms with E-state index in [1.807, 2.05) is 0 Å². The van der Waals surface area contributed by atoms with E-state index < -0.39 is 8.50 Å². The molecule has 0 aliphatic heterocycles. The van der Waals surface area contributed by atoms with Gasteiger partial charge in [0.15, 0.2) is 4.84 Å². The highest BCUT2D eigenvalue weighted by molar-refractivity contribution is 8.01. The first kappa shape index (κ1) is 10.5. The van der Waals surface area contributed by atoms with Crippen LogP contribution in [0.4, 0.5) is 0 Å². The van der Waals surface area contributed by atoms with Crippen LogP contribution in [0.5, 0.6) is 0 Å². The van der Waals surface area contributed by atoms with Crippen molar-refractivity contribution in [2.45, 2.75) is 8.50 Å². The summed E-state index contributed by atoms with van der Waals surface area (Å²) in [7, 11) is 1.68. The summed E-state index contributed by atoms with van der Waals surface area (Å²) in [5, 5.41) is 0. The van der Waals surface area contributed by atoms with Crippen molar-refractivity contribution in [3.05, 3.63) is 0 Å². The SMILES string of the molecule is CNSC(Cl)(Cl)C(Cl)Cl. The predicted molar refractivity (Wildman–Crippen MR) is 46.6 cm³/mol. The molecule has 0 rings (SSSR count). The van der Waals surface area contributed by atoms with Gasteiger partial charge in [-0.05, 0) is 19.0 Å². The number of alkyl halides is 4. The molecule has 0 amide bonds. The van der Waals surface area contributed by atoms with Crippen LogP contribution < -0.4 is 4.72 Å². The normalized spacial score (nSPS) is 12.7. The topological polar surface area (TPSA) is 12.0 Å². The first-order chi connectivity index (χ1) is 4.00. The predicted octanol–water partition coefficient (Wildman–Crippen LogP) is 2.79. The molecule has 0 saturated heterocycles. The van der Waals surface area contributed by atoms with Gasteiger partial charge in [0.2, 0.25) is 3.67 Å². The van der Waals surface area contributed by atoms with Gasteiger partial charge in [0.1, 0.15) is 0 Å². The van der Waals surface area contributed by atoms with Gasteiger partial charge >= 0.3 is 0 Å². The number of halogens is 4. The molecule has 6 heteroatoms. The molecule has 0 saturated carbocycles. The van der Waals surface area contributed by atoms with Crippen LogP contribution >= 0.6 is 58.4 Å². The van der Waals surface area contributed by atoms with E-state index in [0.29, 0.717) is 0 Å². The van der Waals surface area contributed by atoms with Gasteiger partial charge in [-0.15, -0.1) is 23.2 Å². The third-order valence-corrected chi connectivity index (χ3v) is 3.46. The standard InChI is InChI=1S/C3H5Cl4NS/c1-8-9-3(6,7)2(4)5/h2,8H,1H3. The van der Waals surface area contributed by atoms with Gasteiger partial charge in [0.25, 0.3) is 0 Å². The maximum Gasteiger partial charge on any atom is 0.206 e. The molecular formula is C3H5Cl4NS. The minimum absolute atomic E-state index is 0.807. The Morgan fingerprint density at radius 3 is 2.00 bits per heavy atom. The lowest BCUT2D eigenvalue weighted by molar-refractivity contribution is 1.16. The van der Waals surface area contributed by atoms with E-state index >= 15 is 0 Å². The third kappa shape index (κ3) is 4.02. The number of nitrogens with one attached hydrogen (secondary N) is 1. The van der Waals surface area contributed by atoms with Crippen LogP contribution in [-0.4, -0.2) is 15.5 Å². The van der Waals surface area contributed by atoms with Crippen molar-refractivity contribution in [1.29, 1.82) is 0 Å². The van der Waals surface area contributed by atoms with Crippen molar-refractivity contribution in [2.24, 2.45) is 0 Å². The van der Waals surface area contributed by atoms with Crippen molar-refractivity contribution < 1.29 is 0 Å². The third-order valence-electron chi connectivity index (χ3n) is 0.492. The molecule has 1 N–H and O–H groups in total. The van der Waals surface area contributed by atoms with Crippen LogP contribution in [0.2, 0.25) is 0 Å². The zero-order chi connectivity index (χ0) is 7.49. The second-order valence-electron chi connectivity index (χ2n) is 1.17. The van der Waals surface area contributed by atoms with E-state index in [9.17, 15) is 0 Å². The summed E-state index contributed by atoms with van der Waals surface area (Å²) in [5.74, 6) is 0. The average Bonchev–Trinajstić information content (AvgIpc) is 1.65. The van der Waals surface area contributed by atoms with E-state index in [0.717, 1.165) is 11.9 Å². The highest BCUT2D eigenvalue weighted by Crippen LogP contribution is 2.40. The molecule has 0 heterocycles. The van der Waals surface area contributed by atoms with Crippen molar-refractivity contribution in [1.82, 2.24) is 4.72 Å². The molecule has 0 fully saturated rings. The average molecular weight is 229 g/mol. The molecule has 9 heavy (non-hydrogen) atoms. The Morgan fingerprint density at radius 1 is 1.44 bits per heavy atom. The summed E-state index contributed by atoms with van der Waals surface area (Å²) >= 11 is 23.0. The van der Waals surface area contributed by atoms with Gasteiger partial charge in [-0.2, -0.15) is 0 Å². The Hall–Kier alpha value is 1.47. The van der Waals surface area contributed by atoms with E-state index in [1.165, 1.54) is 0 Å². The zero-order valence-corrected chi connectivity index (χ0v) is 8.34. The maximum atomic E-state index is 5.57. The lowest BCUT2D eigenvalue weighted by Gasteiger charge is -2.17. The Morgan fingerprint density at radius 2 is 1.89 bits per heavy atom. The first-order valence-corrected chi connectivity index (χ1v) is 4.46. The van der Waals surface area contributed by atoms with Gasteiger partial charge in [-0.25, -0.2) is 0 Å². The summed E-state index contributed by atoms with van der Waals surface area (Å²) in [4.78, 5) is -0.807. The van der Waals surface area contributed by atoms with Gasteiger partial charge in [0, 0.05) is 0 Å². The molecule has 0 atom stereocenters. The van der Waals surface area contributed by atoms with E-state index in [2.05, 4.69) is 4.72 Å². The smallest absolute Gasteiger partial charge is 0.206 e. The summed E-state index contributed by atoms with van der Waals surface area (Å²) in [6.07, 6.45) is 0. The minimum Gasteiger partial charge on any atom is -0.265 e. The van der Waals surface area contributed by atoms with Crippen molar-refractivity contribution in [3.8, 4) is 0 Å². The highest BCUT2D eigenvalue weighted by Gasteiger charge is 2.32. The Balaban J connectivity index is 3.70. The fraction of sp³-hybridized carbons (Fsp3) is 1.00. The number of hydrogen-bond donors (Lipinski definition) is 1. The number of hydrogen-bond acceptors (Lipinski definition) is 2. The van der Waals surface area contributed by atoms with Crippen LogP contribution in [0.3, 0.4) is 0 Å². The fourth-order valence-corrected chi connectivity index (χ4v) is 1.27. The Kier molecular flexibility index (Phi) is 5.08. The molecule has 0 radical (unpaired) electrons.